The lowest BCUT2D eigenvalue weighted by Crippen LogP contribution is -2.59. The Bertz CT molecular complexity index is 1200. The molecule has 2 heterocycles. The van der Waals surface area contributed by atoms with Crippen molar-refractivity contribution in [2.75, 3.05) is 7.11 Å². The molecule has 1 aromatic rings. The smallest absolute Gasteiger partial charge is 0.497 e. The SMILES string of the molecule is COc1ccc(C[C@@H]2NC(=O)[C@@]34OC(=O)O/C=C/[C@@](C)(O)C(=O)[C@@H](C)C/C=C/[C@H]3[C@H](O)C(C)=C(C)[C@@H]24)cc1. The minimum atomic E-state index is -1.86. The quantitative estimate of drug-likeness (QED) is 0.406. The average molecular weight is 526 g/mol. The van der Waals surface area contributed by atoms with Gasteiger partial charge in [-0.25, -0.2) is 4.79 Å². The molecule has 3 aliphatic rings. The zero-order valence-corrected chi connectivity index (χ0v) is 22.3. The van der Waals surface area contributed by atoms with Crippen LogP contribution in [0.3, 0.4) is 0 Å². The van der Waals surface area contributed by atoms with Crippen LogP contribution in [0.4, 0.5) is 4.79 Å². The van der Waals surface area contributed by atoms with Crippen molar-refractivity contribution < 1.29 is 38.8 Å². The second kappa shape index (κ2) is 10.4. The number of methoxy groups -OCH3 is 1. The molecule has 0 unspecified atom stereocenters. The summed E-state index contributed by atoms with van der Waals surface area (Å²) in [5.41, 5.74) is -1.27. The van der Waals surface area contributed by atoms with Gasteiger partial charge in [-0.15, -0.1) is 0 Å². The molecule has 0 bridgehead atoms. The Hall–Kier alpha value is -3.43. The molecule has 3 N–H and O–H groups in total. The number of carbonyl (C=O) groups excluding carboxylic acids is 3. The van der Waals surface area contributed by atoms with Crippen LogP contribution in [0.15, 0.2) is 59.9 Å². The molecule has 9 nitrogen and oxygen atoms in total. The summed E-state index contributed by atoms with van der Waals surface area (Å²) in [4.78, 5) is 39.4. The molecule has 1 aliphatic carbocycles. The van der Waals surface area contributed by atoms with Gasteiger partial charge in [-0.05, 0) is 63.0 Å². The van der Waals surface area contributed by atoms with Crippen molar-refractivity contribution >= 4 is 17.8 Å². The van der Waals surface area contributed by atoms with Crippen molar-refractivity contribution in [3.63, 3.8) is 0 Å². The molecular weight excluding hydrogens is 490 g/mol. The van der Waals surface area contributed by atoms with Crippen molar-refractivity contribution in [2.45, 2.75) is 63.9 Å². The molecule has 7 atom stereocenters. The zero-order chi connectivity index (χ0) is 27.8. The lowest BCUT2D eigenvalue weighted by molar-refractivity contribution is -0.151. The predicted octanol–water partition coefficient (Wildman–Crippen LogP) is 3.00. The van der Waals surface area contributed by atoms with Crippen LogP contribution in [0.25, 0.3) is 0 Å². The number of benzene rings is 1. The highest BCUT2D eigenvalue weighted by atomic mass is 16.7. The van der Waals surface area contributed by atoms with E-state index < -0.39 is 58.9 Å². The van der Waals surface area contributed by atoms with Crippen molar-refractivity contribution in [1.82, 2.24) is 5.32 Å². The number of ketones is 1. The summed E-state index contributed by atoms with van der Waals surface area (Å²) in [6, 6.07) is 7.05. The first-order valence-electron chi connectivity index (χ1n) is 12.7. The molecule has 2 aliphatic heterocycles. The number of allylic oxidation sites excluding steroid dienone is 1. The molecule has 9 heteroatoms. The predicted molar refractivity (Wildman–Crippen MR) is 138 cm³/mol. The highest BCUT2D eigenvalue weighted by molar-refractivity contribution is 5.93. The number of hydrogen-bond donors (Lipinski definition) is 3. The molecule has 204 valence electrons. The Morgan fingerprint density at radius 3 is 2.47 bits per heavy atom. The highest BCUT2D eigenvalue weighted by Crippen LogP contribution is 2.50. The number of Topliss-reactive ketones (excluding diaryl/α,β-unsaturated/α-hetero) is 1. The Morgan fingerprint density at radius 2 is 1.82 bits per heavy atom. The highest BCUT2D eigenvalue weighted by Gasteiger charge is 2.66. The van der Waals surface area contributed by atoms with E-state index in [1.54, 1.807) is 33.1 Å². The molecule has 38 heavy (non-hydrogen) atoms. The summed E-state index contributed by atoms with van der Waals surface area (Å²) >= 11 is 0. The van der Waals surface area contributed by atoms with Crippen molar-refractivity contribution in [1.29, 1.82) is 0 Å². The number of cyclic esters (lactones) is 1. The van der Waals surface area contributed by atoms with Crippen LogP contribution in [-0.2, 0) is 25.5 Å². The van der Waals surface area contributed by atoms with Crippen molar-refractivity contribution in [2.24, 2.45) is 17.8 Å². The normalized spacial score (nSPS) is 37.3. The fourth-order valence-corrected chi connectivity index (χ4v) is 5.88. The molecular formula is C29H35NO8. The molecule has 1 saturated heterocycles. The van der Waals surface area contributed by atoms with Crippen LogP contribution in [-0.4, -0.2) is 58.5 Å². The van der Waals surface area contributed by atoms with Gasteiger partial charge in [-0.3, -0.25) is 9.59 Å². The second-order valence-corrected chi connectivity index (χ2v) is 10.6. The van der Waals surface area contributed by atoms with E-state index in [-0.39, 0.29) is 6.42 Å². The van der Waals surface area contributed by atoms with E-state index in [1.807, 2.05) is 31.2 Å². The summed E-state index contributed by atoms with van der Waals surface area (Å²) < 4.78 is 16.2. The Balaban J connectivity index is 1.79. The molecule has 1 fully saturated rings. The topological polar surface area (TPSA) is 131 Å². The van der Waals surface area contributed by atoms with Gasteiger partial charge in [0.15, 0.2) is 5.78 Å². The third-order valence-electron chi connectivity index (χ3n) is 8.11. The van der Waals surface area contributed by atoms with Gasteiger partial charge in [0, 0.05) is 12.0 Å². The van der Waals surface area contributed by atoms with Gasteiger partial charge in [0.1, 0.15) is 11.4 Å². The lowest BCUT2D eigenvalue weighted by Gasteiger charge is -2.45. The van der Waals surface area contributed by atoms with E-state index in [1.165, 1.54) is 6.92 Å². The average Bonchev–Trinajstić information content (AvgIpc) is 3.15. The van der Waals surface area contributed by atoms with Gasteiger partial charge in [0.25, 0.3) is 5.91 Å². The van der Waals surface area contributed by atoms with Crippen molar-refractivity contribution in [3.8, 4) is 5.75 Å². The van der Waals surface area contributed by atoms with Crippen LogP contribution >= 0.6 is 0 Å². The second-order valence-electron chi connectivity index (χ2n) is 10.6. The number of rotatable bonds is 3. The molecule has 1 spiro atoms. The standard InChI is InChI=1S/C29H35NO8/c1-16-7-6-8-21-24(31)18(3)17(2)23-22(15-19-9-11-20(36-5)12-10-19)30-26(33)29(21,23)38-27(34)37-14-13-28(4,35)25(16)32/h6,8-14,16,21-24,31,35H,7,15H2,1-5H3,(H,30,33)/b8-6+,14-13+/t16-,21-,22-,23-,24+,28+,29+/m0/s1. The van der Waals surface area contributed by atoms with E-state index in [2.05, 4.69) is 5.32 Å². The minimum Gasteiger partial charge on any atom is -0.497 e. The molecule has 1 amide bonds. The number of aliphatic hydroxyl groups is 2. The number of hydrogen-bond acceptors (Lipinski definition) is 8. The zero-order valence-electron chi connectivity index (χ0n) is 22.3. The van der Waals surface area contributed by atoms with Crippen LogP contribution < -0.4 is 10.1 Å². The first-order valence-corrected chi connectivity index (χ1v) is 12.7. The summed E-state index contributed by atoms with van der Waals surface area (Å²) in [6.07, 6.45) is 3.71. The van der Waals surface area contributed by atoms with Crippen LogP contribution in [0.1, 0.15) is 39.7 Å². The molecule has 0 saturated carbocycles. The van der Waals surface area contributed by atoms with Gasteiger partial charge in [0.05, 0.1) is 31.3 Å². The maximum absolute atomic E-state index is 13.8. The number of aliphatic hydroxyl groups excluding tert-OH is 1. The number of carbonyl (C=O) groups is 3. The Kier molecular flexibility index (Phi) is 7.54. The van der Waals surface area contributed by atoms with E-state index in [4.69, 9.17) is 14.2 Å². The summed E-state index contributed by atoms with van der Waals surface area (Å²) in [6.45, 7) is 6.62. The third-order valence-corrected chi connectivity index (χ3v) is 8.11. The fraction of sp³-hybridized carbons (Fsp3) is 0.483. The summed E-state index contributed by atoms with van der Waals surface area (Å²) in [5.74, 6) is -2.39. The monoisotopic (exact) mass is 525 g/mol. The minimum absolute atomic E-state index is 0.250. The van der Waals surface area contributed by atoms with Gasteiger partial charge in [-0.2, -0.15) is 0 Å². The Labute approximate surface area is 222 Å². The Morgan fingerprint density at radius 1 is 1.13 bits per heavy atom. The molecule has 4 rings (SSSR count). The van der Waals surface area contributed by atoms with E-state index in [9.17, 15) is 24.6 Å². The lowest BCUT2D eigenvalue weighted by atomic mass is 9.63. The summed E-state index contributed by atoms with van der Waals surface area (Å²) in [7, 11) is 1.59. The molecule has 0 radical (unpaired) electrons. The molecule has 1 aromatic carbocycles. The van der Waals surface area contributed by atoms with E-state index >= 15 is 0 Å². The van der Waals surface area contributed by atoms with E-state index in [0.717, 1.165) is 23.5 Å². The van der Waals surface area contributed by atoms with E-state index in [0.29, 0.717) is 17.7 Å². The van der Waals surface area contributed by atoms with Gasteiger partial charge < -0.3 is 29.7 Å². The van der Waals surface area contributed by atoms with Gasteiger partial charge >= 0.3 is 6.16 Å². The number of nitrogens with one attached hydrogen (secondary N) is 1. The van der Waals surface area contributed by atoms with Crippen LogP contribution in [0, 0.1) is 17.8 Å². The largest absolute Gasteiger partial charge is 0.514 e. The first-order chi connectivity index (χ1) is 17.9. The summed E-state index contributed by atoms with van der Waals surface area (Å²) in [5, 5.41) is 24.9. The van der Waals surface area contributed by atoms with Crippen molar-refractivity contribution in [3.05, 3.63) is 65.5 Å². The van der Waals surface area contributed by atoms with Gasteiger partial charge in [0.2, 0.25) is 5.60 Å². The third kappa shape index (κ3) is 4.76. The molecule has 0 aromatic heterocycles. The maximum atomic E-state index is 13.8. The van der Waals surface area contributed by atoms with Crippen LogP contribution in [0.2, 0.25) is 0 Å². The maximum Gasteiger partial charge on any atom is 0.514 e. The number of ether oxygens (including phenoxy) is 3. The number of amides is 1. The van der Waals surface area contributed by atoms with Gasteiger partial charge in [-0.1, -0.05) is 36.8 Å². The fourth-order valence-electron chi connectivity index (χ4n) is 5.88. The first kappa shape index (κ1) is 27.6. The van der Waals surface area contributed by atoms with Crippen LogP contribution in [0.5, 0.6) is 5.75 Å².